The summed E-state index contributed by atoms with van der Waals surface area (Å²) in [5, 5.41) is 9.22. The Balaban J connectivity index is 1.46. The highest BCUT2D eigenvalue weighted by Gasteiger charge is 2.42. The number of carbonyl (C=O) groups excluding carboxylic acids is 1. The number of nitrogens with zero attached hydrogens (tertiary/aromatic N) is 7. The minimum absolute atomic E-state index is 0.0174. The number of hydrogen-bond donors (Lipinski definition) is 1. The van der Waals surface area contributed by atoms with E-state index in [0.29, 0.717) is 29.3 Å². The third-order valence-corrected chi connectivity index (χ3v) is 7.16. The molecule has 0 aliphatic carbocycles. The maximum atomic E-state index is 13.1. The van der Waals surface area contributed by atoms with Gasteiger partial charge in [0.05, 0.1) is 41.0 Å². The molecule has 2 amide bonds. The van der Waals surface area contributed by atoms with Crippen molar-refractivity contribution in [2.24, 2.45) is 7.05 Å². The minimum Gasteiger partial charge on any atom is -0.325 e. The van der Waals surface area contributed by atoms with Gasteiger partial charge in [-0.2, -0.15) is 10.2 Å². The number of aromatic nitrogens is 5. The molecule has 1 aliphatic rings. The van der Waals surface area contributed by atoms with E-state index in [1.54, 1.807) is 65.2 Å². The Labute approximate surface area is 196 Å². The van der Waals surface area contributed by atoms with Crippen LogP contribution in [0.25, 0.3) is 16.7 Å². The van der Waals surface area contributed by atoms with Crippen LogP contribution >= 0.6 is 0 Å². The number of hydrogen-bond acceptors (Lipinski definition) is 6. The van der Waals surface area contributed by atoms with Crippen LogP contribution < -0.4 is 9.62 Å². The number of benzene rings is 1. The summed E-state index contributed by atoms with van der Waals surface area (Å²) in [6, 6.07) is 8.66. The van der Waals surface area contributed by atoms with E-state index in [1.807, 2.05) is 19.9 Å². The first-order chi connectivity index (χ1) is 16.1. The van der Waals surface area contributed by atoms with Gasteiger partial charge in [-0.25, -0.2) is 22.9 Å². The lowest BCUT2D eigenvalue weighted by atomic mass is 10.0. The van der Waals surface area contributed by atoms with Gasteiger partial charge in [0.1, 0.15) is 4.90 Å². The summed E-state index contributed by atoms with van der Waals surface area (Å²) in [6.45, 7) is 4.56. The molecular weight excluding hydrogens is 456 g/mol. The van der Waals surface area contributed by atoms with Gasteiger partial charge in [-0.15, -0.1) is 0 Å². The van der Waals surface area contributed by atoms with Crippen LogP contribution in [0.3, 0.4) is 0 Å². The van der Waals surface area contributed by atoms with Crippen LogP contribution in [0, 0.1) is 0 Å². The second-order valence-electron chi connectivity index (χ2n) is 8.90. The molecule has 1 aromatic carbocycles. The van der Waals surface area contributed by atoms with Crippen molar-refractivity contribution in [2.45, 2.75) is 24.3 Å². The Morgan fingerprint density at radius 3 is 2.62 bits per heavy atom. The molecule has 0 bridgehead atoms. The van der Waals surface area contributed by atoms with Crippen LogP contribution in [0.4, 0.5) is 16.2 Å². The smallest absolute Gasteiger partial charge is 0.324 e. The third kappa shape index (κ3) is 3.55. The monoisotopic (exact) mass is 480 g/mol. The molecule has 0 radical (unpaired) electrons. The first-order valence-electron chi connectivity index (χ1n) is 10.6. The molecule has 12 heteroatoms. The Hall–Kier alpha value is -3.93. The van der Waals surface area contributed by atoms with E-state index >= 15 is 0 Å². The number of sulfonamides is 1. The fourth-order valence-electron chi connectivity index (χ4n) is 4.37. The van der Waals surface area contributed by atoms with E-state index < -0.39 is 15.6 Å². The quantitative estimate of drug-likeness (QED) is 0.469. The standard InChI is InChI=1S/C22H24N8O3S/c1-22(2)14-27(3)21(31)30(22)16-8-9-23-19(10-16)29-13-17(12-25-29)34(32,33)26-18-7-5-6-15-11-24-28(4)20(15)18/h5-13,26H,14H2,1-4H3. The number of likely N-dealkylation sites (N-methyl/N-ethyl adjacent to an activating group) is 1. The zero-order valence-corrected chi connectivity index (χ0v) is 20.0. The van der Waals surface area contributed by atoms with Gasteiger partial charge in [0.15, 0.2) is 5.82 Å². The van der Waals surface area contributed by atoms with Crippen LogP contribution in [-0.4, -0.2) is 63.0 Å². The zero-order valence-electron chi connectivity index (χ0n) is 19.2. The number of pyridine rings is 1. The van der Waals surface area contributed by atoms with Gasteiger partial charge in [-0.1, -0.05) is 12.1 Å². The number of anilines is 2. The van der Waals surface area contributed by atoms with Crippen molar-refractivity contribution in [3.05, 3.63) is 55.1 Å². The first kappa shape index (κ1) is 21.9. The minimum atomic E-state index is -3.92. The number of urea groups is 1. The van der Waals surface area contributed by atoms with Gasteiger partial charge in [-0.05, 0) is 26.0 Å². The highest BCUT2D eigenvalue weighted by molar-refractivity contribution is 7.92. The molecule has 0 atom stereocenters. The number of fused-ring (bicyclic) bond motifs is 1. The lowest BCUT2D eigenvalue weighted by Gasteiger charge is -2.29. The zero-order chi connectivity index (χ0) is 24.3. The number of amides is 2. The van der Waals surface area contributed by atoms with Crippen LogP contribution in [0.15, 0.2) is 60.0 Å². The lowest BCUT2D eigenvalue weighted by molar-refractivity contribution is 0.229. The van der Waals surface area contributed by atoms with E-state index in [-0.39, 0.29) is 10.9 Å². The SMILES string of the molecule is CN1CC(C)(C)N(c2ccnc(-n3cc(S(=O)(=O)Nc4cccc5cnn(C)c45)cn3)c2)C1=O. The summed E-state index contributed by atoms with van der Waals surface area (Å²) in [4.78, 5) is 20.4. The van der Waals surface area contributed by atoms with Gasteiger partial charge in [0, 0.05) is 38.3 Å². The molecule has 176 valence electrons. The van der Waals surface area contributed by atoms with Gasteiger partial charge in [0.25, 0.3) is 10.0 Å². The summed E-state index contributed by atoms with van der Waals surface area (Å²) in [6.07, 6.45) is 5.90. The molecule has 5 rings (SSSR count). The Morgan fingerprint density at radius 1 is 1.09 bits per heavy atom. The number of aryl methyl sites for hydroxylation is 1. The van der Waals surface area contributed by atoms with E-state index in [2.05, 4.69) is 19.9 Å². The van der Waals surface area contributed by atoms with E-state index in [0.717, 1.165) is 5.39 Å². The molecule has 34 heavy (non-hydrogen) atoms. The van der Waals surface area contributed by atoms with E-state index in [1.165, 1.54) is 17.1 Å². The average molecular weight is 481 g/mol. The third-order valence-electron chi connectivity index (χ3n) is 5.84. The average Bonchev–Trinajstić information content (AvgIpc) is 3.46. The molecule has 1 saturated heterocycles. The molecule has 4 heterocycles. The predicted octanol–water partition coefficient (Wildman–Crippen LogP) is 2.61. The van der Waals surface area contributed by atoms with Crippen molar-refractivity contribution >= 4 is 38.3 Å². The Bertz CT molecular complexity index is 1520. The van der Waals surface area contributed by atoms with Crippen molar-refractivity contribution in [1.82, 2.24) is 29.4 Å². The highest BCUT2D eigenvalue weighted by Crippen LogP contribution is 2.32. The van der Waals surface area contributed by atoms with Gasteiger partial charge in [0.2, 0.25) is 0 Å². The largest absolute Gasteiger partial charge is 0.325 e. The second-order valence-corrected chi connectivity index (χ2v) is 10.6. The normalized spacial score (nSPS) is 15.9. The number of rotatable bonds is 5. The molecule has 0 spiro atoms. The molecule has 0 unspecified atom stereocenters. The maximum Gasteiger partial charge on any atom is 0.324 e. The second kappa shape index (κ2) is 7.55. The summed E-state index contributed by atoms with van der Waals surface area (Å²) >= 11 is 0. The molecule has 11 nitrogen and oxygen atoms in total. The van der Waals surface area contributed by atoms with Crippen molar-refractivity contribution in [3.8, 4) is 5.82 Å². The lowest BCUT2D eigenvalue weighted by Crippen LogP contribution is -2.42. The number of para-hydroxylation sites is 1. The number of carbonyl (C=O) groups is 1. The molecule has 1 fully saturated rings. The molecule has 1 aliphatic heterocycles. The van der Waals surface area contributed by atoms with Crippen molar-refractivity contribution in [2.75, 3.05) is 23.2 Å². The van der Waals surface area contributed by atoms with Crippen LogP contribution in [0.2, 0.25) is 0 Å². The van der Waals surface area contributed by atoms with Crippen molar-refractivity contribution < 1.29 is 13.2 Å². The fraction of sp³-hybridized carbons (Fsp3) is 0.273. The van der Waals surface area contributed by atoms with E-state index in [9.17, 15) is 13.2 Å². The molecule has 0 saturated carbocycles. The van der Waals surface area contributed by atoms with Crippen LogP contribution in [0.1, 0.15) is 13.8 Å². The Kier molecular flexibility index (Phi) is 4.86. The summed E-state index contributed by atoms with van der Waals surface area (Å²) in [7, 11) is -0.410. The predicted molar refractivity (Wildman–Crippen MR) is 127 cm³/mol. The summed E-state index contributed by atoms with van der Waals surface area (Å²) < 4.78 is 31.8. The molecule has 3 aromatic heterocycles. The highest BCUT2D eigenvalue weighted by atomic mass is 32.2. The number of nitrogens with one attached hydrogen (secondary N) is 1. The molecular formula is C22H24N8O3S. The molecule has 4 aromatic rings. The fourth-order valence-corrected chi connectivity index (χ4v) is 5.37. The van der Waals surface area contributed by atoms with Crippen LogP contribution in [0.5, 0.6) is 0 Å². The van der Waals surface area contributed by atoms with Crippen molar-refractivity contribution in [3.63, 3.8) is 0 Å². The first-order valence-corrected chi connectivity index (χ1v) is 12.1. The van der Waals surface area contributed by atoms with Crippen molar-refractivity contribution in [1.29, 1.82) is 0 Å². The van der Waals surface area contributed by atoms with Gasteiger partial charge >= 0.3 is 6.03 Å². The topological polar surface area (TPSA) is 118 Å². The van der Waals surface area contributed by atoms with Gasteiger partial charge in [-0.3, -0.25) is 14.3 Å². The van der Waals surface area contributed by atoms with Gasteiger partial charge < -0.3 is 4.90 Å². The maximum absolute atomic E-state index is 13.1. The van der Waals surface area contributed by atoms with E-state index in [4.69, 9.17) is 0 Å². The van der Waals surface area contributed by atoms with Crippen LogP contribution in [-0.2, 0) is 17.1 Å². The molecule has 1 N–H and O–H groups in total. The summed E-state index contributed by atoms with van der Waals surface area (Å²) in [5.74, 6) is 0.394. The summed E-state index contributed by atoms with van der Waals surface area (Å²) in [5.41, 5.74) is 1.35. The Morgan fingerprint density at radius 2 is 1.88 bits per heavy atom.